The van der Waals surface area contributed by atoms with Crippen LogP contribution >= 0.6 is 23.1 Å². The van der Waals surface area contributed by atoms with Crippen molar-refractivity contribution in [3.8, 4) is 0 Å². The Kier molecular flexibility index (Phi) is 5.85. The Morgan fingerprint density at radius 1 is 1.24 bits per heavy atom. The summed E-state index contributed by atoms with van der Waals surface area (Å²) in [6.45, 7) is 8.03. The monoisotopic (exact) mass is 270 g/mol. The maximum atomic E-state index is 3.46. The first-order valence-corrected chi connectivity index (χ1v) is 8.44. The third-order valence-corrected chi connectivity index (χ3v) is 4.94. The minimum absolute atomic E-state index is 1.04. The Labute approximate surface area is 113 Å². The van der Waals surface area contributed by atoms with E-state index >= 15 is 0 Å². The van der Waals surface area contributed by atoms with Gasteiger partial charge < -0.3 is 5.32 Å². The quantitative estimate of drug-likeness (QED) is 0.800. The van der Waals surface area contributed by atoms with Crippen LogP contribution in [-0.4, -0.2) is 36.0 Å². The van der Waals surface area contributed by atoms with E-state index in [0.717, 1.165) is 19.6 Å². The summed E-state index contributed by atoms with van der Waals surface area (Å²) >= 11 is 4.05. The molecule has 0 saturated carbocycles. The van der Waals surface area contributed by atoms with Gasteiger partial charge in [0.15, 0.2) is 0 Å². The molecule has 1 aromatic rings. The predicted octanol–water partition coefficient (Wildman–Crippen LogP) is 2.80. The highest BCUT2D eigenvalue weighted by Gasteiger charge is 2.11. The minimum atomic E-state index is 1.04. The third-order valence-electron chi connectivity index (χ3n) is 2.93. The molecule has 0 bridgehead atoms. The van der Waals surface area contributed by atoms with Gasteiger partial charge in [0.25, 0.3) is 0 Å². The first kappa shape index (κ1) is 13.4. The van der Waals surface area contributed by atoms with Crippen LogP contribution in [0.5, 0.6) is 0 Å². The predicted molar refractivity (Wildman–Crippen MR) is 78.9 cm³/mol. The molecule has 0 aliphatic carbocycles. The van der Waals surface area contributed by atoms with Crippen molar-refractivity contribution in [2.45, 2.75) is 26.4 Å². The SMILES string of the molecule is CCCNCc1ccc(CN2CCSCC2)s1. The summed E-state index contributed by atoms with van der Waals surface area (Å²) in [6, 6.07) is 4.58. The Morgan fingerprint density at radius 2 is 2.00 bits per heavy atom. The summed E-state index contributed by atoms with van der Waals surface area (Å²) in [5.41, 5.74) is 0. The maximum absolute atomic E-state index is 3.46. The van der Waals surface area contributed by atoms with Crippen LogP contribution in [0.4, 0.5) is 0 Å². The fraction of sp³-hybridized carbons (Fsp3) is 0.692. The second-order valence-electron chi connectivity index (χ2n) is 4.43. The summed E-state index contributed by atoms with van der Waals surface area (Å²) in [4.78, 5) is 5.57. The number of hydrogen-bond acceptors (Lipinski definition) is 4. The number of nitrogens with one attached hydrogen (secondary N) is 1. The molecular weight excluding hydrogens is 248 g/mol. The molecule has 2 heterocycles. The normalized spacial score (nSPS) is 17.5. The van der Waals surface area contributed by atoms with E-state index in [9.17, 15) is 0 Å². The zero-order valence-electron chi connectivity index (χ0n) is 10.6. The van der Waals surface area contributed by atoms with Gasteiger partial charge in [-0.05, 0) is 25.1 Å². The van der Waals surface area contributed by atoms with Gasteiger partial charge in [-0.15, -0.1) is 11.3 Å². The largest absolute Gasteiger partial charge is 0.312 e. The van der Waals surface area contributed by atoms with E-state index in [-0.39, 0.29) is 0 Å². The first-order chi connectivity index (χ1) is 8.38. The van der Waals surface area contributed by atoms with E-state index in [1.54, 1.807) is 0 Å². The van der Waals surface area contributed by atoms with Gasteiger partial charge in [0, 0.05) is 47.4 Å². The molecule has 0 amide bonds. The first-order valence-electron chi connectivity index (χ1n) is 6.47. The molecule has 2 rings (SSSR count). The molecule has 0 atom stereocenters. The summed E-state index contributed by atoms with van der Waals surface area (Å²) in [5.74, 6) is 2.60. The van der Waals surface area contributed by atoms with Crippen molar-refractivity contribution in [1.29, 1.82) is 0 Å². The lowest BCUT2D eigenvalue weighted by Gasteiger charge is -2.25. The molecule has 1 aliphatic rings. The van der Waals surface area contributed by atoms with Crippen LogP contribution in [0.3, 0.4) is 0 Å². The fourth-order valence-corrected chi connectivity index (χ4v) is 3.98. The van der Waals surface area contributed by atoms with Gasteiger partial charge in [-0.2, -0.15) is 11.8 Å². The van der Waals surface area contributed by atoms with Gasteiger partial charge >= 0.3 is 0 Å². The van der Waals surface area contributed by atoms with E-state index in [4.69, 9.17) is 0 Å². The molecule has 17 heavy (non-hydrogen) atoms. The van der Waals surface area contributed by atoms with Crippen molar-refractivity contribution >= 4 is 23.1 Å². The van der Waals surface area contributed by atoms with Crippen molar-refractivity contribution < 1.29 is 0 Å². The van der Waals surface area contributed by atoms with E-state index in [2.05, 4.69) is 41.0 Å². The van der Waals surface area contributed by atoms with E-state index in [1.807, 2.05) is 11.3 Å². The topological polar surface area (TPSA) is 15.3 Å². The third kappa shape index (κ3) is 4.62. The summed E-state index contributed by atoms with van der Waals surface area (Å²) in [6.07, 6.45) is 1.21. The van der Waals surface area contributed by atoms with Crippen LogP contribution in [0.15, 0.2) is 12.1 Å². The maximum Gasteiger partial charge on any atom is 0.0328 e. The lowest BCUT2D eigenvalue weighted by atomic mass is 10.3. The minimum Gasteiger partial charge on any atom is -0.312 e. The summed E-state index contributed by atoms with van der Waals surface area (Å²) in [5, 5.41) is 3.46. The van der Waals surface area contributed by atoms with Crippen LogP contribution in [0.1, 0.15) is 23.1 Å². The average molecular weight is 270 g/mol. The van der Waals surface area contributed by atoms with Crippen molar-refractivity contribution in [2.24, 2.45) is 0 Å². The standard InChI is InChI=1S/C13H22N2S2/c1-2-5-14-10-12-3-4-13(17-12)11-15-6-8-16-9-7-15/h3-4,14H,2,5-11H2,1H3. The average Bonchev–Trinajstić information content (AvgIpc) is 2.79. The number of rotatable bonds is 6. The molecule has 1 fully saturated rings. The number of hydrogen-bond donors (Lipinski definition) is 1. The lowest BCUT2D eigenvalue weighted by molar-refractivity contribution is 0.297. The van der Waals surface area contributed by atoms with Crippen LogP contribution < -0.4 is 5.32 Å². The van der Waals surface area contributed by atoms with Gasteiger partial charge in [-0.1, -0.05) is 6.92 Å². The molecule has 4 heteroatoms. The molecule has 0 radical (unpaired) electrons. The molecule has 1 N–H and O–H groups in total. The number of thioether (sulfide) groups is 1. The van der Waals surface area contributed by atoms with Crippen molar-refractivity contribution in [1.82, 2.24) is 10.2 Å². The van der Waals surface area contributed by atoms with Gasteiger partial charge in [-0.25, -0.2) is 0 Å². The fourth-order valence-electron chi connectivity index (χ4n) is 1.97. The molecule has 0 aromatic carbocycles. The zero-order valence-corrected chi connectivity index (χ0v) is 12.2. The Hall–Kier alpha value is -0.0300. The van der Waals surface area contributed by atoms with Crippen LogP contribution in [0, 0.1) is 0 Å². The molecule has 96 valence electrons. The smallest absolute Gasteiger partial charge is 0.0328 e. The molecule has 1 aliphatic heterocycles. The van der Waals surface area contributed by atoms with Crippen molar-refractivity contribution in [3.05, 3.63) is 21.9 Å². The highest BCUT2D eigenvalue weighted by molar-refractivity contribution is 7.99. The number of thiophene rings is 1. The number of nitrogens with zero attached hydrogens (tertiary/aromatic N) is 1. The second kappa shape index (κ2) is 7.41. The van der Waals surface area contributed by atoms with Gasteiger partial charge in [0.1, 0.15) is 0 Å². The highest BCUT2D eigenvalue weighted by atomic mass is 32.2. The summed E-state index contributed by atoms with van der Waals surface area (Å²) < 4.78 is 0. The van der Waals surface area contributed by atoms with Gasteiger partial charge in [0.05, 0.1) is 0 Å². The zero-order chi connectivity index (χ0) is 11.9. The van der Waals surface area contributed by atoms with Crippen molar-refractivity contribution in [3.63, 3.8) is 0 Å². The molecule has 0 unspecified atom stereocenters. The molecule has 2 nitrogen and oxygen atoms in total. The van der Waals surface area contributed by atoms with Crippen LogP contribution in [0.25, 0.3) is 0 Å². The Balaban J connectivity index is 1.76. The lowest BCUT2D eigenvalue weighted by Crippen LogP contribution is -2.31. The Morgan fingerprint density at radius 3 is 2.76 bits per heavy atom. The van der Waals surface area contributed by atoms with Gasteiger partial charge in [-0.3, -0.25) is 4.90 Å². The van der Waals surface area contributed by atoms with E-state index < -0.39 is 0 Å². The van der Waals surface area contributed by atoms with Crippen molar-refractivity contribution in [2.75, 3.05) is 31.1 Å². The molecule has 1 saturated heterocycles. The molecule has 0 spiro atoms. The molecule has 1 aromatic heterocycles. The van der Waals surface area contributed by atoms with E-state index in [0.29, 0.717) is 0 Å². The molecular formula is C13H22N2S2. The van der Waals surface area contributed by atoms with Crippen LogP contribution in [0.2, 0.25) is 0 Å². The van der Waals surface area contributed by atoms with Gasteiger partial charge in [0.2, 0.25) is 0 Å². The van der Waals surface area contributed by atoms with E-state index in [1.165, 1.54) is 40.8 Å². The highest BCUT2D eigenvalue weighted by Crippen LogP contribution is 2.20. The Bertz CT molecular complexity index is 319. The summed E-state index contributed by atoms with van der Waals surface area (Å²) in [7, 11) is 0. The van der Waals surface area contributed by atoms with Crippen LogP contribution in [-0.2, 0) is 13.1 Å². The second-order valence-corrected chi connectivity index (χ2v) is 6.91.